The highest BCUT2D eigenvalue weighted by molar-refractivity contribution is 5.54. The van der Waals surface area contributed by atoms with Gasteiger partial charge in [0.05, 0.1) is 11.7 Å². The van der Waals surface area contributed by atoms with E-state index in [2.05, 4.69) is 10.1 Å². The average molecular weight is 295 g/mol. The number of hydrogen-bond donors (Lipinski definition) is 1. The summed E-state index contributed by atoms with van der Waals surface area (Å²) >= 11 is 0. The Morgan fingerprint density at radius 2 is 1.76 bits per heavy atom. The van der Waals surface area contributed by atoms with Crippen LogP contribution in [0.3, 0.4) is 0 Å². The maximum atomic E-state index is 13.8. The van der Waals surface area contributed by atoms with Crippen molar-refractivity contribution in [1.29, 1.82) is 0 Å². The van der Waals surface area contributed by atoms with E-state index in [-0.39, 0.29) is 17.6 Å². The van der Waals surface area contributed by atoms with Crippen LogP contribution in [-0.2, 0) is 0 Å². The highest BCUT2D eigenvalue weighted by Crippen LogP contribution is 2.30. The summed E-state index contributed by atoms with van der Waals surface area (Å²) in [5, 5.41) is 3.01. The molecule has 0 fully saturated rings. The van der Waals surface area contributed by atoms with Crippen LogP contribution in [-0.4, -0.2) is 6.61 Å². The van der Waals surface area contributed by atoms with Crippen LogP contribution in [0.4, 0.5) is 18.9 Å². The third-order valence-electron chi connectivity index (χ3n) is 3.18. The van der Waals surface area contributed by atoms with Crippen molar-refractivity contribution in [3.63, 3.8) is 0 Å². The Kier molecular flexibility index (Phi) is 4.73. The molecule has 0 aliphatic carbocycles. The fourth-order valence-corrected chi connectivity index (χ4v) is 2.15. The zero-order valence-corrected chi connectivity index (χ0v) is 11.7. The van der Waals surface area contributed by atoms with Gasteiger partial charge in [-0.05, 0) is 31.5 Å². The molecular weight excluding hydrogens is 279 g/mol. The molecule has 1 N–H and O–H groups in total. The Labute approximate surface area is 121 Å². The molecular formula is C16H16F3NO. The van der Waals surface area contributed by atoms with Gasteiger partial charge in [-0.25, -0.2) is 4.39 Å². The van der Waals surface area contributed by atoms with Gasteiger partial charge in [0.2, 0.25) is 0 Å². The molecule has 0 spiro atoms. The summed E-state index contributed by atoms with van der Waals surface area (Å²) in [6.07, 6.45) is 0. The zero-order chi connectivity index (χ0) is 15.4. The van der Waals surface area contributed by atoms with Crippen LogP contribution in [0.25, 0.3) is 0 Å². The molecule has 2 aromatic carbocycles. The molecule has 0 heterocycles. The predicted molar refractivity (Wildman–Crippen MR) is 76.2 cm³/mol. The minimum absolute atomic E-state index is 0.0847. The molecule has 21 heavy (non-hydrogen) atoms. The van der Waals surface area contributed by atoms with E-state index < -0.39 is 6.61 Å². The van der Waals surface area contributed by atoms with E-state index in [4.69, 9.17) is 0 Å². The van der Waals surface area contributed by atoms with Gasteiger partial charge in [-0.2, -0.15) is 8.78 Å². The van der Waals surface area contributed by atoms with Crippen LogP contribution in [0, 0.1) is 12.7 Å². The molecule has 2 nitrogen and oxygen atoms in total. The summed E-state index contributed by atoms with van der Waals surface area (Å²) in [6, 6.07) is 10.8. The molecule has 0 aliphatic rings. The number of hydrogen-bond acceptors (Lipinski definition) is 2. The lowest BCUT2D eigenvalue weighted by atomic mass is 10.1. The summed E-state index contributed by atoms with van der Waals surface area (Å²) < 4.78 is 43.2. The quantitative estimate of drug-likeness (QED) is 0.846. The molecule has 1 unspecified atom stereocenters. The van der Waals surface area contributed by atoms with Gasteiger partial charge in [0, 0.05) is 5.56 Å². The molecule has 0 bridgehead atoms. The van der Waals surface area contributed by atoms with Crippen molar-refractivity contribution >= 4 is 5.69 Å². The van der Waals surface area contributed by atoms with Crippen LogP contribution < -0.4 is 10.1 Å². The minimum Gasteiger partial charge on any atom is -0.434 e. The van der Waals surface area contributed by atoms with Crippen molar-refractivity contribution in [2.24, 2.45) is 0 Å². The standard InChI is InChI=1S/C16H16F3NO/c1-10-6-5-8-13(17)15(10)20-11(2)12-7-3-4-9-14(12)21-16(18)19/h3-9,11,16,20H,1-2H3. The smallest absolute Gasteiger partial charge is 0.387 e. The lowest BCUT2D eigenvalue weighted by Crippen LogP contribution is -2.12. The fourth-order valence-electron chi connectivity index (χ4n) is 2.15. The third kappa shape index (κ3) is 3.68. The fraction of sp³-hybridized carbons (Fsp3) is 0.250. The largest absolute Gasteiger partial charge is 0.434 e. The van der Waals surface area contributed by atoms with Crippen molar-refractivity contribution in [2.45, 2.75) is 26.5 Å². The normalized spacial score (nSPS) is 12.3. The van der Waals surface area contributed by atoms with Crippen LogP contribution in [0.2, 0.25) is 0 Å². The molecule has 112 valence electrons. The highest BCUT2D eigenvalue weighted by atomic mass is 19.3. The van der Waals surface area contributed by atoms with Gasteiger partial charge >= 0.3 is 6.61 Å². The van der Waals surface area contributed by atoms with E-state index in [0.29, 0.717) is 11.3 Å². The number of benzene rings is 2. The number of ether oxygens (including phenoxy) is 1. The second kappa shape index (κ2) is 6.52. The number of rotatable bonds is 5. The summed E-state index contributed by atoms with van der Waals surface area (Å²) in [5.41, 5.74) is 1.64. The third-order valence-corrected chi connectivity index (χ3v) is 3.18. The first kappa shape index (κ1) is 15.2. The zero-order valence-electron chi connectivity index (χ0n) is 11.7. The maximum absolute atomic E-state index is 13.8. The number of alkyl halides is 2. The number of para-hydroxylation sites is 2. The SMILES string of the molecule is Cc1cccc(F)c1NC(C)c1ccccc1OC(F)F. The van der Waals surface area contributed by atoms with Gasteiger partial charge in [-0.3, -0.25) is 0 Å². The first-order valence-corrected chi connectivity index (χ1v) is 6.54. The predicted octanol–water partition coefficient (Wildman–Crippen LogP) is 4.91. The van der Waals surface area contributed by atoms with E-state index in [0.717, 1.165) is 5.56 Å². The monoisotopic (exact) mass is 295 g/mol. The van der Waals surface area contributed by atoms with Crippen molar-refractivity contribution in [3.8, 4) is 5.75 Å². The lowest BCUT2D eigenvalue weighted by molar-refractivity contribution is -0.0505. The Morgan fingerprint density at radius 3 is 2.43 bits per heavy atom. The second-order valence-electron chi connectivity index (χ2n) is 4.71. The number of nitrogens with one attached hydrogen (secondary N) is 1. The molecule has 0 saturated carbocycles. The molecule has 2 aromatic rings. The molecule has 0 aliphatic heterocycles. The first-order chi connectivity index (χ1) is 9.99. The Balaban J connectivity index is 2.26. The van der Waals surface area contributed by atoms with Crippen LogP contribution in [0.1, 0.15) is 24.1 Å². The molecule has 1 atom stereocenters. The molecule has 2 rings (SSSR count). The minimum atomic E-state index is -2.89. The van der Waals surface area contributed by atoms with E-state index in [9.17, 15) is 13.2 Å². The number of aryl methyl sites for hydroxylation is 1. The summed E-state index contributed by atoms with van der Waals surface area (Å²) in [4.78, 5) is 0. The van der Waals surface area contributed by atoms with Crippen molar-refractivity contribution < 1.29 is 17.9 Å². The van der Waals surface area contributed by atoms with E-state index in [1.54, 1.807) is 44.2 Å². The number of halogens is 3. The maximum Gasteiger partial charge on any atom is 0.387 e. The van der Waals surface area contributed by atoms with Crippen LogP contribution >= 0.6 is 0 Å². The summed E-state index contributed by atoms with van der Waals surface area (Å²) in [5.74, 6) is -0.296. The van der Waals surface area contributed by atoms with E-state index in [1.807, 2.05) is 0 Å². The van der Waals surface area contributed by atoms with E-state index >= 15 is 0 Å². The van der Waals surface area contributed by atoms with Gasteiger partial charge < -0.3 is 10.1 Å². The van der Waals surface area contributed by atoms with Crippen molar-refractivity contribution in [3.05, 3.63) is 59.4 Å². The Hall–Kier alpha value is -2.17. The molecule has 0 radical (unpaired) electrons. The Bertz CT molecular complexity index is 596. The van der Waals surface area contributed by atoms with Gasteiger partial charge in [0.15, 0.2) is 0 Å². The topological polar surface area (TPSA) is 21.3 Å². The van der Waals surface area contributed by atoms with E-state index in [1.165, 1.54) is 12.1 Å². The summed E-state index contributed by atoms with van der Waals surface area (Å²) in [6.45, 7) is 0.646. The molecule has 0 saturated heterocycles. The van der Waals surface area contributed by atoms with Gasteiger partial charge in [-0.1, -0.05) is 30.3 Å². The lowest BCUT2D eigenvalue weighted by Gasteiger charge is -2.20. The first-order valence-electron chi connectivity index (χ1n) is 6.54. The molecule has 0 aromatic heterocycles. The average Bonchev–Trinajstić information content (AvgIpc) is 2.43. The summed E-state index contributed by atoms with van der Waals surface area (Å²) in [7, 11) is 0. The molecule has 0 amide bonds. The van der Waals surface area contributed by atoms with Crippen LogP contribution in [0.5, 0.6) is 5.75 Å². The van der Waals surface area contributed by atoms with Gasteiger partial charge in [-0.15, -0.1) is 0 Å². The Morgan fingerprint density at radius 1 is 1.05 bits per heavy atom. The second-order valence-corrected chi connectivity index (χ2v) is 4.71. The highest BCUT2D eigenvalue weighted by Gasteiger charge is 2.16. The van der Waals surface area contributed by atoms with Gasteiger partial charge in [0.1, 0.15) is 11.6 Å². The van der Waals surface area contributed by atoms with Crippen LogP contribution in [0.15, 0.2) is 42.5 Å². The van der Waals surface area contributed by atoms with Crippen molar-refractivity contribution in [1.82, 2.24) is 0 Å². The molecule has 5 heteroatoms. The van der Waals surface area contributed by atoms with Gasteiger partial charge in [0.25, 0.3) is 0 Å². The van der Waals surface area contributed by atoms with Crippen molar-refractivity contribution in [2.75, 3.05) is 5.32 Å². The number of anilines is 1.